The van der Waals surface area contributed by atoms with E-state index in [1.807, 2.05) is 36.4 Å². The second-order valence-corrected chi connectivity index (χ2v) is 5.39. The van der Waals surface area contributed by atoms with E-state index in [2.05, 4.69) is 18.2 Å². The number of rotatable bonds is 5. The number of hydrogen-bond acceptors (Lipinski definition) is 3. The molecule has 0 aliphatic heterocycles. The molecule has 0 heterocycles. The van der Waals surface area contributed by atoms with E-state index in [-0.39, 0.29) is 19.4 Å². The number of hydrogen-bond donors (Lipinski definition) is 1. The summed E-state index contributed by atoms with van der Waals surface area (Å²) < 4.78 is 5.20. The molecule has 116 valence electrons. The van der Waals surface area contributed by atoms with Crippen LogP contribution in [0.25, 0.3) is 21.5 Å². The Morgan fingerprint density at radius 1 is 0.870 bits per heavy atom. The Bertz CT molecular complexity index is 883. The van der Waals surface area contributed by atoms with Crippen molar-refractivity contribution in [2.24, 2.45) is 0 Å². The van der Waals surface area contributed by atoms with Crippen molar-refractivity contribution in [3.63, 3.8) is 0 Å². The fourth-order valence-electron chi connectivity index (χ4n) is 2.60. The smallest absolute Gasteiger partial charge is 0.306 e. The summed E-state index contributed by atoms with van der Waals surface area (Å²) in [7, 11) is 0. The van der Waals surface area contributed by atoms with Crippen LogP contribution in [0.4, 0.5) is 0 Å². The molecular formula is C19H16O4. The Kier molecular flexibility index (Phi) is 4.24. The average molecular weight is 308 g/mol. The summed E-state index contributed by atoms with van der Waals surface area (Å²) >= 11 is 0. The number of carbonyl (C=O) groups excluding carboxylic acids is 1. The summed E-state index contributed by atoms with van der Waals surface area (Å²) in [6.45, 7) is 0.147. The molecule has 0 bridgehead atoms. The monoisotopic (exact) mass is 308 g/mol. The van der Waals surface area contributed by atoms with Crippen LogP contribution in [0.3, 0.4) is 0 Å². The zero-order valence-electron chi connectivity index (χ0n) is 12.5. The Morgan fingerprint density at radius 3 is 2.30 bits per heavy atom. The minimum atomic E-state index is -1.00. The number of carboxylic acids is 1. The molecule has 4 heteroatoms. The number of ether oxygens (including phenoxy) is 1. The third-order valence-corrected chi connectivity index (χ3v) is 3.77. The molecule has 0 saturated carbocycles. The zero-order valence-corrected chi connectivity index (χ0v) is 12.5. The molecule has 0 spiro atoms. The summed E-state index contributed by atoms with van der Waals surface area (Å²) in [6.07, 6.45) is -0.317. The van der Waals surface area contributed by atoms with Crippen molar-refractivity contribution in [1.29, 1.82) is 0 Å². The van der Waals surface area contributed by atoms with Crippen molar-refractivity contribution in [3.05, 3.63) is 60.2 Å². The highest BCUT2D eigenvalue weighted by Crippen LogP contribution is 2.26. The number of carboxylic acid groups (broad SMARTS) is 1. The largest absolute Gasteiger partial charge is 0.481 e. The van der Waals surface area contributed by atoms with Crippen molar-refractivity contribution in [2.75, 3.05) is 0 Å². The highest BCUT2D eigenvalue weighted by Gasteiger charge is 2.09. The van der Waals surface area contributed by atoms with Crippen molar-refractivity contribution < 1.29 is 19.4 Å². The number of benzene rings is 3. The Hall–Kier alpha value is -2.88. The highest BCUT2D eigenvalue weighted by atomic mass is 16.5. The van der Waals surface area contributed by atoms with Crippen molar-refractivity contribution in [3.8, 4) is 0 Å². The van der Waals surface area contributed by atoms with Crippen LogP contribution in [0, 0.1) is 0 Å². The van der Waals surface area contributed by atoms with Gasteiger partial charge in [-0.15, -0.1) is 0 Å². The van der Waals surface area contributed by atoms with E-state index in [1.165, 1.54) is 0 Å². The summed E-state index contributed by atoms with van der Waals surface area (Å²) in [5, 5.41) is 13.0. The standard InChI is InChI=1S/C19H16O4/c20-18(21)8-9-19(22)23-12-16-7-3-6-15-10-13-4-1-2-5-14(13)11-17(15)16/h1-7,10-11H,8-9,12H2,(H,20,21). The maximum atomic E-state index is 11.6. The first-order chi connectivity index (χ1) is 11.1. The van der Waals surface area contributed by atoms with Gasteiger partial charge < -0.3 is 9.84 Å². The Labute approximate surface area is 133 Å². The first kappa shape index (κ1) is 15.0. The number of carbonyl (C=O) groups is 2. The molecule has 0 unspecified atom stereocenters. The lowest BCUT2D eigenvalue weighted by atomic mass is 10.00. The number of esters is 1. The van der Waals surface area contributed by atoms with Crippen LogP contribution in [0.2, 0.25) is 0 Å². The fraction of sp³-hybridized carbons (Fsp3) is 0.158. The quantitative estimate of drug-likeness (QED) is 0.573. The van der Waals surface area contributed by atoms with E-state index in [0.29, 0.717) is 0 Å². The average Bonchev–Trinajstić information content (AvgIpc) is 2.56. The predicted octanol–water partition coefficient (Wildman–Crippen LogP) is 3.90. The summed E-state index contributed by atoms with van der Waals surface area (Å²) in [4.78, 5) is 22.1. The van der Waals surface area contributed by atoms with Gasteiger partial charge in [-0.05, 0) is 39.2 Å². The van der Waals surface area contributed by atoms with Gasteiger partial charge in [-0.25, -0.2) is 0 Å². The van der Waals surface area contributed by atoms with E-state index in [4.69, 9.17) is 9.84 Å². The normalized spacial score (nSPS) is 10.8. The SMILES string of the molecule is O=C(O)CCC(=O)OCc1cccc2cc3ccccc3cc12. The molecule has 0 radical (unpaired) electrons. The Balaban J connectivity index is 1.84. The lowest BCUT2D eigenvalue weighted by Gasteiger charge is -2.09. The lowest BCUT2D eigenvalue weighted by molar-refractivity contribution is -0.148. The molecule has 4 nitrogen and oxygen atoms in total. The third-order valence-electron chi connectivity index (χ3n) is 3.77. The predicted molar refractivity (Wildman–Crippen MR) is 88.1 cm³/mol. The summed E-state index contributed by atoms with van der Waals surface area (Å²) in [5.41, 5.74) is 0.914. The van der Waals surface area contributed by atoms with E-state index in [9.17, 15) is 9.59 Å². The topological polar surface area (TPSA) is 63.6 Å². The second kappa shape index (κ2) is 6.48. The minimum Gasteiger partial charge on any atom is -0.481 e. The minimum absolute atomic E-state index is 0.108. The van der Waals surface area contributed by atoms with E-state index >= 15 is 0 Å². The van der Waals surface area contributed by atoms with Gasteiger partial charge in [0.05, 0.1) is 12.8 Å². The van der Waals surface area contributed by atoms with E-state index < -0.39 is 11.9 Å². The molecule has 0 aromatic heterocycles. The molecule has 3 rings (SSSR count). The molecule has 0 aliphatic carbocycles. The van der Waals surface area contributed by atoms with Crippen molar-refractivity contribution in [1.82, 2.24) is 0 Å². The van der Waals surface area contributed by atoms with Crippen molar-refractivity contribution >= 4 is 33.5 Å². The summed E-state index contributed by atoms with van der Waals surface area (Å²) in [5.74, 6) is -1.50. The van der Waals surface area contributed by atoms with Crippen LogP contribution < -0.4 is 0 Å². The van der Waals surface area contributed by atoms with Gasteiger partial charge >= 0.3 is 11.9 Å². The zero-order chi connectivity index (χ0) is 16.2. The van der Waals surface area contributed by atoms with Crippen molar-refractivity contribution in [2.45, 2.75) is 19.4 Å². The second-order valence-electron chi connectivity index (χ2n) is 5.39. The molecule has 3 aromatic rings. The Morgan fingerprint density at radius 2 is 1.57 bits per heavy atom. The van der Waals surface area contributed by atoms with Crippen LogP contribution in [-0.2, 0) is 20.9 Å². The molecule has 0 aliphatic rings. The molecule has 0 fully saturated rings. The third kappa shape index (κ3) is 3.48. The molecule has 0 amide bonds. The van der Waals surface area contributed by atoms with Gasteiger partial charge in [0.25, 0.3) is 0 Å². The molecule has 1 N–H and O–H groups in total. The van der Waals surface area contributed by atoms with Crippen LogP contribution in [0.5, 0.6) is 0 Å². The van der Waals surface area contributed by atoms with Gasteiger partial charge in [0.2, 0.25) is 0 Å². The van der Waals surface area contributed by atoms with Gasteiger partial charge in [0.1, 0.15) is 6.61 Å². The van der Waals surface area contributed by atoms with Crippen LogP contribution in [-0.4, -0.2) is 17.0 Å². The van der Waals surface area contributed by atoms with E-state index in [1.54, 1.807) is 0 Å². The lowest BCUT2D eigenvalue weighted by Crippen LogP contribution is -2.07. The number of aliphatic carboxylic acids is 1. The van der Waals surface area contributed by atoms with Crippen LogP contribution in [0.1, 0.15) is 18.4 Å². The van der Waals surface area contributed by atoms with Crippen LogP contribution in [0.15, 0.2) is 54.6 Å². The summed E-state index contributed by atoms with van der Waals surface area (Å²) in [6, 6.07) is 18.2. The van der Waals surface area contributed by atoms with Gasteiger partial charge in [-0.3, -0.25) is 9.59 Å². The maximum Gasteiger partial charge on any atom is 0.306 e. The maximum absolute atomic E-state index is 11.6. The fourth-order valence-corrected chi connectivity index (χ4v) is 2.60. The number of fused-ring (bicyclic) bond motifs is 2. The highest BCUT2D eigenvalue weighted by molar-refractivity contribution is 5.99. The van der Waals surface area contributed by atoms with Gasteiger partial charge in [-0.1, -0.05) is 42.5 Å². The van der Waals surface area contributed by atoms with E-state index in [0.717, 1.165) is 27.1 Å². The molecular weight excluding hydrogens is 292 g/mol. The van der Waals surface area contributed by atoms with Crippen LogP contribution >= 0.6 is 0 Å². The first-order valence-electron chi connectivity index (χ1n) is 7.41. The molecule has 3 aromatic carbocycles. The molecule has 0 atom stereocenters. The van der Waals surface area contributed by atoms with Gasteiger partial charge in [0.15, 0.2) is 0 Å². The first-order valence-corrected chi connectivity index (χ1v) is 7.41. The van der Waals surface area contributed by atoms with Gasteiger partial charge in [0, 0.05) is 0 Å². The molecule has 0 saturated heterocycles. The molecule has 23 heavy (non-hydrogen) atoms. The van der Waals surface area contributed by atoms with Gasteiger partial charge in [-0.2, -0.15) is 0 Å².